The van der Waals surface area contributed by atoms with Crippen molar-refractivity contribution in [2.24, 2.45) is 0 Å². The van der Waals surface area contributed by atoms with Crippen LogP contribution < -0.4 is 21.9 Å². The second-order valence-electron chi connectivity index (χ2n) is 7.50. The zero-order valence-electron chi connectivity index (χ0n) is 15.1. The van der Waals surface area contributed by atoms with Crippen molar-refractivity contribution in [2.75, 3.05) is 11.1 Å². The molecule has 8 nitrogen and oxygen atoms in total. The second kappa shape index (κ2) is 5.18. The molecule has 1 amide bonds. The highest BCUT2D eigenvalue weighted by Gasteiger charge is 2.46. The third kappa shape index (κ3) is 1.98. The number of nitrogens with one attached hydrogen (secondary N) is 2. The lowest BCUT2D eigenvalue weighted by molar-refractivity contribution is 0.0876. The van der Waals surface area contributed by atoms with Gasteiger partial charge in [-0.05, 0) is 43.7 Å². The van der Waals surface area contributed by atoms with Crippen molar-refractivity contribution in [3.8, 4) is 0 Å². The smallest absolute Gasteiger partial charge is 0.277 e. The fourth-order valence-corrected chi connectivity index (χ4v) is 4.74. The number of hydrogen-bond acceptors (Lipinski definition) is 6. The van der Waals surface area contributed by atoms with E-state index in [9.17, 15) is 9.59 Å². The van der Waals surface area contributed by atoms with Gasteiger partial charge in [-0.3, -0.25) is 14.2 Å². The Morgan fingerprint density at radius 2 is 2.00 bits per heavy atom. The summed E-state index contributed by atoms with van der Waals surface area (Å²) in [6.45, 7) is 6.00. The van der Waals surface area contributed by atoms with Gasteiger partial charge in [0, 0.05) is 17.3 Å². The summed E-state index contributed by atoms with van der Waals surface area (Å²) in [4.78, 5) is 34.6. The van der Waals surface area contributed by atoms with Gasteiger partial charge in [0.1, 0.15) is 22.9 Å². The Morgan fingerprint density at radius 1 is 1.26 bits per heavy atom. The van der Waals surface area contributed by atoms with Crippen molar-refractivity contribution < 1.29 is 4.79 Å². The molecular formula is C19H20N6O2. The van der Waals surface area contributed by atoms with Gasteiger partial charge in [0.15, 0.2) is 0 Å². The molecule has 2 aliphatic heterocycles. The van der Waals surface area contributed by atoms with E-state index in [1.54, 1.807) is 10.8 Å². The van der Waals surface area contributed by atoms with Crippen molar-refractivity contribution in [3.05, 3.63) is 45.5 Å². The summed E-state index contributed by atoms with van der Waals surface area (Å²) in [6.07, 6.45) is 6.18. The number of carbonyl (C=O) groups is 1. The maximum atomic E-state index is 13.5. The number of carbonyl (C=O) groups excluding carboxylic acids is 1. The average Bonchev–Trinajstić information content (AvgIpc) is 2.91. The van der Waals surface area contributed by atoms with Crippen LogP contribution >= 0.6 is 0 Å². The standard InChI is InChI=1S/C19H20N6O2/c1-9-11-8-21-18(20)23-15(11)22-13-12(9)10(2)14-16(26)24-19(25(14)17(13)27)6-4-3-5-7-19/h8H,1,3-7H2,2H3,(H,24,26)(H3,20,21,22,23). The highest BCUT2D eigenvalue weighted by molar-refractivity contribution is 6.02. The van der Waals surface area contributed by atoms with Gasteiger partial charge < -0.3 is 16.4 Å². The molecule has 0 radical (unpaired) electrons. The molecule has 4 heterocycles. The molecule has 27 heavy (non-hydrogen) atoms. The van der Waals surface area contributed by atoms with E-state index in [0.29, 0.717) is 33.9 Å². The number of rotatable bonds is 0. The predicted octanol–water partition coefficient (Wildman–Crippen LogP) is 2.01. The number of pyridine rings is 1. The molecule has 4 N–H and O–H groups in total. The molecule has 2 aromatic heterocycles. The van der Waals surface area contributed by atoms with Crippen LogP contribution in [0.1, 0.15) is 59.3 Å². The average molecular weight is 364 g/mol. The fraction of sp³-hybridized carbons (Fsp3) is 0.368. The van der Waals surface area contributed by atoms with Gasteiger partial charge in [0.05, 0.1) is 0 Å². The minimum absolute atomic E-state index is 0.121. The Bertz CT molecular complexity index is 1090. The molecule has 3 aliphatic rings. The van der Waals surface area contributed by atoms with Crippen LogP contribution in [0.15, 0.2) is 17.6 Å². The SMILES string of the molecule is C=C1c2cnc(N)nc2Nc2c1c(C)c1n(c2=O)C2(CCCCC2)NC1=O. The summed E-state index contributed by atoms with van der Waals surface area (Å²) in [5.74, 6) is 0.393. The van der Waals surface area contributed by atoms with Crippen LogP contribution in [0, 0.1) is 6.92 Å². The molecule has 1 aliphatic carbocycles. The van der Waals surface area contributed by atoms with Crippen molar-refractivity contribution in [1.82, 2.24) is 19.9 Å². The quantitative estimate of drug-likeness (QED) is 0.562. The van der Waals surface area contributed by atoms with Crippen molar-refractivity contribution in [2.45, 2.75) is 44.7 Å². The van der Waals surface area contributed by atoms with Gasteiger partial charge in [-0.1, -0.05) is 13.0 Å². The Kier molecular flexibility index (Phi) is 3.08. The topological polar surface area (TPSA) is 115 Å². The monoisotopic (exact) mass is 364 g/mol. The van der Waals surface area contributed by atoms with Gasteiger partial charge in [-0.2, -0.15) is 4.98 Å². The van der Waals surface area contributed by atoms with Crippen molar-refractivity contribution >= 4 is 28.9 Å². The molecule has 0 unspecified atom stereocenters. The van der Waals surface area contributed by atoms with Crippen molar-refractivity contribution in [3.63, 3.8) is 0 Å². The maximum Gasteiger partial charge on any atom is 0.277 e. The van der Waals surface area contributed by atoms with Crippen LogP contribution in [0.25, 0.3) is 5.57 Å². The van der Waals surface area contributed by atoms with Gasteiger partial charge in [-0.25, -0.2) is 4.98 Å². The van der Waals surface area contributed by atoms with Crippen LogP contribution in [0.2, 0.25) is 0 Å². The number of nitrogens with zero attached hydrogens (tertiary/aromatic N) is 3. The molecule has 138 valence electrons. The largest absolute Gasteiger partial charge is 0.368 e. The normalized spacial score (nSPS) is 19.1. The van der Waals surface area contributed by atoms with E-state index in [2.05, 4.69) is 27.2 Å². The van der Waals surface area contributed by atoms with Gasteiger partial charge >= 0.3 is 0 Å². The van der Waals surface area contributed by atoms with Gasteiger partial charge in [0.2, 0.25) is 5.95 Å². The lowest BCUT2D eigenvalue weighted by atomic mass is 9.88. The molecule has 2 aromatic rings. The fourth-order valence-electron chi connectivity index (χ4n) is 4.74. The molecule has 5 rings (SSSR count). The Balaban J connectivity index is 1.80. The summed E-state index contributed by atoms with van der Waals surface area (Å²) in [5.41, 5.74) is 8.36. The zero-order chi connectivity index (χ0) is 18.9. The van der Waals surface area contributed by atoms with Gasteiger partial charge in [-0.15, -0.1) is 0 Å². The lowest BCUT2D eigenvalue weighted by Crippen LogP contribution is -2.49. The van der Waals surface area contributed by atoms with E-state index in [4.69, 9.17) is 5.73 Å². The highest BCUT2D eigenvalue weighted by Crippen LogP contribution is 2.43. The minimum Gasteiger partial charge on any atom is -0.368 e. The Labute approximate surface area is 155 Å². The molecule has 8 heteroatoms. The Hall–Kier alpha value is -3.16. The number of nitrogens with two attached hydrogens (primary N) is 1. The molecule has 0 aromatic carbocycles. The van der Waals surface area contributed by atoms with E-state index in [-0.39, 0.29) is 17.4 Å². The third-order valence-corrected chi connectivity index (χ3v) is 5.97. The summed E-state index contributed by atoms with van der Waals surface area (Å²) in [5, 5.41) is 6.23. The first-order valence-electron chi connectivity index (χ1n) is 9.15. The molecule has 0 bridgehead atoms. The predicted molar refractivity (Wildman–Crippen MR) is 102 cm³/mol. The zero-order valence-corrected chi connectivity index (χ0v) is 15.1. The summed E-state index contributed by atoms with van der Waals surface area (Å²) in [7, 11) is 0. The summed E-state index contributed by atoms with van der Waals surface area (Å²) < 4.78 is 1.67. The van der Waals surface area contributed by atoms with E-state index < -0.39 is 5.66 Å². The number of amides is 1. The number of nitrogen functional groups attached to an aromatic ring is 1. The van der Waals surface area contributed by atoms with Crippen LogP contribution in [-0.2, 0) is 5.66 Å². The lowest BCUT2D eigenvalue weighted by Gasteiger charge is -2.36. The number of hydrogen-bond donors (Lipinski definition) is 3. The second-order valence-corrected chi connectivity index (χ2v) is 7.50. The van der Waals surface area contributed by atoms with Crippen molar-refractivity contribution in [1.29, 1.82) is 0 Å². The van der Waals surface area contributed by atoms with Crippen LogP contribution in [-0.4, -0.2) is 20.4 Å². The van der Waals surface area contributed by atoms with E-state index in [1.807, 2.05) is 6.92 Å². The Morgan fingerprint density at radius 3 is 2.74 bits per heavy atom. The van der Waals surface area contributed by atoms with Gasteiger partial charge in [0.25, 0.3) is 11.5 Å². The van der Waals surface area contributed by atoms with E-state index in [0.717, 1.165) is 37.7 Å². The highest BCUT2D eigenvalue weighted by atomic mass is 16.2. The first-order valence-corrected chi connectivity index (χ1v) is 9.15. The molecule has 1 saturated carbocycles. The molecule has 0 saturated heterocycles. The van der Waals surface area contributed by atoms with Crippen LogP contribution in [0.5, 0.6) is 0 Å². The first-order chi connectivity index (χ1) is 12.9. The number of anilines is 3. The number of fused-ring (bicyclic) bond motifs is 4. The molecule has 1 fully saturated rings. The maximum absolute atomic E-state index is 13.5. The van der Waals surface area contributed by atoms with E-state index >= 15 is 0 Å². The summed E-state index contributed by atoms with van der Waals surface area (Å²) >= 11 is 0. The van der Waals surface area contributed by atoms with Crippen LogP contribution in [0.4, 0.5) is 17.5 Å². The minimum atomic E-state index is -0.629. The summed E-state index contributed by atoms with van der Waals surface area (Å²) in [6, 6.07) is 0. The van der Waals surface area contributed by atoms with Crippen LogP contribution in [0.3, 0.4) is 0 Å². The first kappa shape index (κ1) is 16.0. The van der Waals surface area contributed by atoms with E-state index in [1.165, 1.54) is 0 Å². The molecule has 0 atom stereocenters. The molecule has 1 spiro atoms. The molecular weight excluding hydrogens is 344 g/mol. The third-order valence-electron chi connectivity index (χ3n) is 5.97. The number of aromatic nitrogens is 3.